The zero-order valence-corrected chi connectivity index (χ0v) is 15.4. The number of amides is 1. The summed E-state index contributed by atoms with van der Waals surface area (Å²) >= 11 is 0. The second-order valence-electron chi connectivity index (χ2n) is 7.25. The van der Waals surface area contributed by atoms with E-state index in [-0.39, 0.29) is 30.9 Å². The predicted octanol–water partition coefficient (Wildman–Crippen LogP) is 1.04. The summed E-state index contributed by atoms with van der Waals surface area (Å²) in [6.07, 6.45) is -0.233. The second kappa shape index (κ2) is 7.96. The molecule has 1 aromatic rings. The molecule has 26 heavy (non-hydrogen) atoms. The molecule has 8 heteroatoms. The minimum absolute atomic E-state index is 0.0222. The van der Waals surface area contributed by atoms with Crippen LogP contribution in [0.3, 0.4) is 0 Å². The monoisotopic (exact) mass is 363 g/mol. The zero-order chi connectivity index (χ0) is 18.8. The molecule has 4 unspecified atom stereocenters. The minimum atomic E-state index is -1.52. The van der Waals surface area contributed by atoms with Crippen LogP contribution in [0.1, 0.15) is 38.9 Å². The number of ether oxygens (including phenoxy) is 3. The Kier molecular flexibility index (Phi) is 5.87. The Bertz CT molecular complexity index is 623. The molecule has 3 rings (SSSR count). The molecule has 0 spiro atoms. The van der Waals surface area contributed by atoms with Gasteiger partial charge in [0, 0.05) is 6.61 Å². The van der Waals surface area contributed by atoms with Crippen molar-refractivity contribution in [3.8, 4) is 0 Å². The number of carbonyl (C=O) groups excluding carboxylic acids is 1. The van der Waals surface area contributed by atoms with Crippen LogP contribution in [0.4, 0.5) is 4.79 Å². The van der Waals surface area contributed by atoms with Crippen LogP contribution in [0.5, 0.6) is 0 Å². The molecule has 0 bridgehead atoms. The number of carbonyl (C=O) groups is 1. The van der Waals surface area contributed by atoms with Crippen LogP contribution in [-0.2, 0) is 14.2 Å². The van der Waals surface area contributed by atoms with Crippen molar-refractivity contribution in [3.05, 3.63) is 29.8 Å². The number of nitrogens with zero attached hydrogens (tertiary/aromatic N) is 1. The van der Waals surface area contributed by atoms with Crippen molar-refractivity contribution in [3.63, 3.8) is 0 Å². The van der Waals surface area contributed by atoms with Gasteiger partial charge in [-0.3, -0.25) is 4.90 Å². The van der Waals surface area contributed by atoms with Gasteiger partial charge in [0.15, 0.2) is 0 Å². The highest BCUT2D eigenvalue weighted by Gasteiger charge is 2.44. The van der Waals surface area contributed by atoms with Crippen molar-refractivity contribution in [1.82, 2.24) is 4.90 Å². The molecule has 4 atom stereocenters. The van der Waals surface area contributed by atoms with Gasteiger partial charge < -0.3 is 24.3 Å². The largest absolute Gasteiger partial charge is 0.488 e. The van der Waals surface area contributed by atoms with Crippen molar-refractivity contribution >= 4 is 18.7 Å². The highest BCUT2D eigenvalue weighted by molar-refractivity contribution is 6.58. The van der Waals surface area contributed by atoms with Gasteiger partial charge >= 0.3 is 13.2 Å². The first-order chi connectivity index (χ1) is 12.4. The lowest BCUT2D eigenvalue weighted by molar-refractivity contribution is -0.0734. The zero-order valence-electron chi connectivity index (χ0n) is 15.4. The molecular formula is C18H26BNO6. The topological polar surface area (TPSA) is 88.5 Å². The molecule has 2 aliphatic rings. The number of hydrogen-bond acceptors (Lipinski definition) is 6. The number of fused-ring (bicyclic) bond motifs is 1. The van der Waals surface area contributed by atoms with E-state index in [0.29, 0.717) is 12.1 Å². The van der Waals surface area contributed by atoms with Gasteiger partial charge in [-0.1, -0.05) is 38.1 Å². The molecule has 1 amide bonds. The maximum atomic E-state index is 12.8. The Hall–Kier alpha value is -1.61. The van der Waals surface area contributed by atoms with E-state index in [9.17, 15) is 14.8 Å². The van der Waals surface area contributed by atoms with Crippen molar-refractivity contribution in [2.75, 3.05) is 13.3 Å². The Morgan fingerprint density at radius 3 is 2.58 bits per heavy atom. The van der Waals surface area contributed by atoms with Gasteiger partial charge in [0.05, 0.1) is 12.1 Å². The molecule has 0 radical (unpaired) electrons. The first-order valence-electron chi connectivity index (χ1n) is 9.05. The molecule has 2 saturated heterocycles. The molecular weight excluding hydrogens is 337 g/mol. The van der Waals surface area contributed by atoms with Gasteiger partial charge in [0.2, 0.25) is 0 Å². The van der Waals surface area contributed by atoms with E-state index in [1.165, 1.54) is 0 Å². The lowest BCUT2D eigenvalue weighted by Gasteiger charge is -2.33. The van der Waals surface area contributed by atoms with Gasteiger partial charge in [-0.15, -0.1) is 0 Å². The van der Waals surface area contributed by atoms with Gasteiger partial charge in [-0.05, 0) is 30.3 Å². The first-order valence-corrected chi connectivity index (χ1v) is 9.05. The number of rotatable bonds is 4. The Morgan fingerprint density at radius 1 is 1.27 bits per heavy atom. The van der Waals surface area contributed by atoms with Crippen LogP contribution < -0.4 is 5.46 Å². The maximum absolute atomic E-state index is 12.8. The fourth-order valence-electron chi connectivity index (χ4n) is 3.60. The number of benzene rings is 1. The summed E-state index contributed by atoms with van der Waals surface area (Å²) in [5.41, 5.74) is 1.21. The molecule has 2 heterocycles. The molecule has 2 aliphatic heterocycles. The maximum Gasteiger partial charge on any atom is 0.488 e. The molecule has 142 valence electrons. The summed E-state index contributed by atoms with van der Waals surface area (Å²) in [6.45, 7) is 6.73. The van der Waals surface area contributed by atoms with Crippen molar-refractivity contribution in [2.24, 2.45) is 5.92 Å². The van der Waals surface area contributed by atoms with E-state index in [2.05, 4.69) is 0 Å². The SMILES string of the molecule is CC(C)C(OC(=O)N1COC2C(C)OCCC21)c1ccc(B(O)O)cc1. The van der Waals surface area contributed by atoms with Gasteiger partial charge in [-0.25, -0.2) is 4.79 Å². The third-order valence-corrected chi connectivity index (χ3v) is 5.07. The van der Waals surface area contributed by atoms with E-state index in [4.69, 9.17) is 14.2 Å². The fraction of sp³-hybridized carbons (Fsp3) is 0.611. The molecule has 2 fully saturated rings. The summed E-state index contributed by atoms with van der Waals surface area (Å²) in [4.78, 5) is 14.4. The Labute approximate surface area is 154 Å². The predicted molar refractivity (Wildman–Crippen MR) is 95.7 cm³/mol. The van der Waals surface area contributed by atoms with Crippen LogP contribution in [-0.4, -0.2) is 59.7 Å². The van der Waals surface area contributed by atoms with E-state index in [0.717, 1.165) is 12.0 Å². The summed E-state index contributed by atoms with van der Waals surface area (Å²) in [5.74, 6) is 0.0665. The van der Waals surface area contributed by atoms with Crippen LogP contribution in [0.2, 0.25) is 0 Å². The number of hydrogen-bond donors (Lipinski definition) is 2. The Balaban J connectivity index is 1.71. The van der Waals surface area contributed by atoms with Crippen molar-refractivity contribution in [1.29, 1.82) is 0 Å². The fourth-order valence-corrected chi connectivity index (χ4v) is 3.60. The highest BCUT2D eigenvalue weighted by atomic mass is 16.6. The van der Waals surface area contributed by atoms with Gasteiger partial charge in [0.1, 0.15) is 18.9 Å². The average molecular weight is 363 g/mol. The summed E-state index contributed by atoms with van der Waals surface area (Å²) in [7, 11) is -1.52. The molecule has 1 aromatic carbocycles. The average Bonchev–Trinajstić information content (AvgIpc) is 3.05. The third kappa shape index (κ3) is 3.88. The van der Waals surface area contributed by atoms with Crippen LogP contribution in [0.25, 0.3) is 0 Å². The van der Waals surface area contributed by atoms with E-state index < -0.39 is 19.3 Å². The van der Waals surface area contributed by atoms with Gasteiger partial charge in [-0.2, -0.15) is 0 Å². The first kappa shape index (κ1) is 19.2. The van der Waals surface area contributed by atoms with Crippen LogP contribution in [0, 0.1) is 5.92 Å². The summed E-state index contributed by atoms with van der Waals surface area (Å²) < 4.78 is 17.1. The van der Waals surface area contributed by atoms with E-state index in [1.54, 1.807) is 29.2 Å². The molecule has 2 N–H and O–H groups in total. The van der Waals surface area contributed by atoms with Gasteiger partial charge in [0.25, 0.3) is 0 Å². The smallest absolute Gasteiger partial charge is 0.441 e. The van der Waals surface area contributed by atoms with Crippen LogP contribution >= 0.6 is 0 Å². The highest BCUT2D eigenvalue weighted by Crippen LogP contribution is 2.31. The quantitative estimate of drug-likeness (QED) is 0.777. The lowest BCUT2D eigenvalue weighted by atomic mass is 9.79. The molecule has 0 aliphatic carbocycles. The molecule has 0 aromatic heterocycles. The Morgan fingerprint density at radius 2 is 1.96 bits per heavy atom. The van der Waals surface area contributed by atoms with Crippen molar-refractivity contribution < 1.29 is 29.1 Å². The van der Waals surface area contributed by atoms with Crippen LogP contribution in [0.15, 0.2) is 24.3 Å². The van der Waals surface area contributed by atoms with E-state index >= 15 is 0 Å². The second-order valence-corrected chi connectivity index (χ2v) is 7.25. The lowest BCUT2D eigenvalue weighted by Crippen LogP contribution is -2.48. The standard InChI is InChI=1S/C18H26BNO6/c1-11(2)16(13-4-6-14(7-5-13)19(22)23)26-18(21)20-10-25-17-12(3)24-9-8-15(17)20/h4-7,11-12,15-17,22-23H,8-10H2,1-3H3. The van der Waals surface area contributed by atoms with Crippen molar-refractivity contribution in [2.45, 2.75) is 51.5 Å². The normalized spacial score (nSPS) is 26.5. The molecule has 0 saturated carbocycles. The summed E-state index contributed by atoms with van der Waals surface area (Å²) in [5, 5.41) is 18.4. The molecule has 7 nitrogen and oxygen atoms in total. The van der Waals surface area contributed by atoms with E-state index in [1.807, 2.05) is 20.8 Å². The third-order valence-electron chi connectivity index (χ3n) is 5.07. The summed E-state index contributed by atoms with van der Waals surface area (Å²) in [6, 6.07) is 6.74. The minimum Gasteiger partial charge on any atom is -0.441 e.